The standard InChI is InChI=1S/C24H26ClNO3.ClH/c1-27-21-10-7-18(8-11-21)13-14-26-16-19-9-12-23(24(15-19)28-2)29-17-20-5-3-4-6-22(20)25;/h3-12,15,26H,13-14,16-17H2,1-2H3;1H. The predicted molar refractivity (Wildman–Crippen MR) is 124 cm³/mol. The maximum absolute atomic E-state index is 6.19. The maximum atomic E-state index is 6.19. The Hall–Kier alpha value is -2.40. The highest BCUT2D eigenvalue weighted by molar-refractivity contribution is 6.31. The fraction of sp³-hybridized carbons (Fsp3) is 0.250. The molecule has 0 aliphatic rings. The highest BCUT2D eigenvalue weighted by Gasteiger charge is 2.08. The molecule has 160 valence electrons. The fourth-order valence-electron chi connectivity index (χ4n) is 2.97. The van der Waals surface area contributed by atoms with Gasteiger partial charge in [-0.15, -0.1) is 12.4 Å². The van der Waals surface area contributed by atoms with Gasteiger partial charge >= 0.3 is 0 Å². The molecule has 6 heteroatoms. The first-order valence-electron chi connectivity index (χ1n) is 9.56. The topological polar surface area (TPSA) is 39.7 Å². The van der Waals surface area contributed by atoms with Crippen LogP contribution in [-0.2, 0) is 19.6 Å². The molecule has 3 aromatic rings. The van der Waals surface area contributed by atoms with Crippen LogP contribution in [0.4, 0.5) is 0 Å². The lowest BCUT2D eigenvalue weighted by molar-refractivity contribution is 0.284. The molecule has 1 N–H and O–H groups in total. The SMILES string of the molecule is COc1ccc(CCNCc2ccc(OCc3ccccc3Cl)c(OC)c2)cc1.Cl. The molecule has 0 amide bonds. The molecule has 0 unspecified atom stereocenters. The van der Waals surface area contributed by atoms with Crippen LogP contribution in [0.15, 0.2) is 66.7 Å². The van der Waals surface area contributed by atoms with Gasteiger partial charge < -0.3 is 19.5 Å². The van der Waals surface area contributed by atoms with E-state index in [4.69, 9.17) is 25.8 Å². The molecule has 0 bridgehead atoms. The fourth-order valence-corrected chi connectivity index (χ4v) is 3.16. The summed E-state index contributed by atoms with van der Waals surface area (Å²) in [6.45, 7) is 2.05. The van der Waals surface area contributed by atoms with E-state index < -0.39 is 0 Å². The minimum atomic E-state index is 0. The Morgan fingerprint density at radius 1 is 0.833 bits per heavy atom. The second-order valence-electron chi connectivity index (χ2n) is 6.64. The van der Waals surface area contributed by atoms with Gasteiger partial charge in [0.1, 0.15) is 12.4 Å². The Morgan fingerprint density at radius 2 is 1.57 bits per heavy atom. The van der Waals surface area contributed by atoms with E-state index in [2.05, 4.69) is 17.4 Å². The van der Waals surface area contributed by atoms with Crippen molar-refractivity contribution in [3.8, 4) is 17.2 Å². The number of nitrogens with one attached hydrogen (secondary N) is 1. The summed E-state index contributed by atoms with van der Waals surface area (Å²) in [6.07, 6.45) is 0.958. The Kier molecular flexibility index (Phi) is 9.81. The van der Waals surface area contributed by atoms with E-state index >= 15 is 0 Å². The zero-order valence-electron chi connectivity index (χ0n) is 17.2. The van der Waals surface area contributed by atoms with Crippen molar-refractivity contribution in [2.75, 3.05) is 20.8 Å². The van der Waals surface area contributed by atoms with Gasteiger partial charge in [-0.25, -0.2) is 0 Å². The van der Waals surface area contributed by atoms with Gasteiger partial charge in [0.2, 0.25) is 0 Å². The van der Waals surface area contributed by atoms with Gasteiger partial charge in [-0.1, -0.05) is 48.0 Å². The first kappa shape index (κ1) is 23.9. The Bertz CT molecular complexity index is 917. The molecule has 0 radical (unpaired) electrons. The Labute approximate surface area is 189 Å². The highest BCUT2D eigenvalue weighted by Crippen LogP contribution is 2.29. The van der Waals surface area contributed by atoms with E-state index in [1.54, 1.807) is 14.2 Å². The van der Waals surface area contributed by atoms with Gasteiger partial charge in [0.05, 0.1) is 14.2 Å². The van der Waals surface area contributed by atoms with Crippen molar-refractivity contribution in [2.45, 2.75) is 19.6 Å². The first-order chi connectivity index (χ1) is 14.2. The molecule has 4 nitrogen and oxygen atoms in total. The van der Waals surface area contributed by atoms with Crippen LogP contribution in [-0.4, -0.2) is 20.8 Å². The molecule has 3 aromatic carbocycles. The van der Waals surface area contributed by atoms with Crippen LogP contribution in [0.2, 0.25) is 5.02 Å². The average Bonchev–Trinajstić information content (AvgIpc) is 2.77. The van der Waals surface area contributed by atoms with E-state index in [1.165, 1.54) is 5.56 Å². The molecule has 0 aliphatic carbocycles. The number of halogens is 2. The van der Waals surface area contributed by atoms with Gasteiger partial charge in [-0.3, -0.25) is 0 Å². The van der Waals surface area contributed by atoms with Gasteiger partial charge in [0.15, 0.2) is 11.5 Å². The van der Waals surface area contributed by atoms with Crippen LogP contribution in [0.25, 0.3) is 0 Å². The van der Waals surface area contributed by atoms with Crippen LogP contribution in [0.3, 0.4) is 0 Å². The third-order valence-corrected chi connectivity index (χ3v) is 5.02. The van der Waals surface area contributed by atoms with E-state index in [0.717, 1.165) is 36.4 Å². The summed E-state index contributed by atoms with van der Waals surface area (Å²) < 4.78 is 16.6. The molecule has 0 saturated heterocycles. The Balaban J connectivity index is 0.00000320. The predicted octanol–water partition coefficient (Wildman–Crippen LogP) is 5.69. The summed E-state index contributed by atoms with van der Waals surface area (Å²) in [4.78, 5) is 0. The quantitative estimate of drug-likeness (QED) is 0.405. The van der Waals surface area contributed by atoms with Gasteiger partial charge in [-0.2, -0.15) is 0 Å². The average molecular weight is 448 g/mol. The summed E-state index contributed by atoms with van der Waals surface area (Å²) in [5.41, 5.74) is 3.36. The van der Waals surface area contributed by atoms with Crippen LogP contribution in [0.5, 0.6) is 17.2 Å². The zero-order chi connectivity index (χ0) is 20.5. The van der Waals surface area contributed by atoms with Crippen LogP contribution in [0, 0.1) is 0 Å². The Morgan fingerprint density at radius 3 is 2.27 bits per heavy atom. The summed E-state index contributed by atoms with van der Waals surface area (Å²) in [6, 6.07) is 21.8. The van der Waals surface area contributed by atoms with Crippen molar-refractivity contribution < 1.29 is 14.2 Å². The zero-order valence-corrected chi connectivity index (χ0v) is 18.8. The molecular weight excluding hydrogens is 421 g/mol. The second-order valence-corrected chi connectivity index (χ2v) is 7.05. The maximum Gasteiger partial charge on any atom is 0.161 e. The third kappa shape index (κ3) is 6.84. The van der Waals surface area contributed by atoms with Gasteiger partial charge in [-0.05, 0) is 54.4 Å². The van der Waals surface area contributed by atoms with Crippen molar-refractivity contribution in [2.24, 2.45) is 0 Å². The van der Waals surface area contributed by atoms with E-state index in [-0.39, 0.29) is 12.4 Å². The number of hydrogen-bond acceptors (Lipinski definition) is 4. The highest BCUT2D eigenvalue weighted by atomic mass is 35.5. The monoisotopic (exact) mass is 447 g/mol. The van der Waals surface area contributed by atoms with Crippen molar-refractivity contribution >= 4 is 24.0 Å². The van der Waals surface area contributed by atoms with Crippen molar-refractivity contribution in [1.29, 1.82) is 0 Å². The van der Waals surface area contributed by atoms with Crippen LogP contribution >= 0.6 is 24.0 Å². The summed E-state index contributed by atoms with van der Waals surface area (Å²) in [5.74, 6) is 2.30. The molecule has 0 saturated carbocycles. The van der Waals surface area contributed by atoms with Crippen LogP contribution < -0.4 is 19.5 Å². The summed E-state index contributed by atoms with van der Waals surface area (Å²) >= 11 is 6.19. The molecule has 3 rings (SSSR count). The normalized spacial score (nSPS) is 10.2. The molecule has 0 spiro atoms. The van der Waals surface area contributed by atoms with E-state index in [1.807, 2.05) is 54.6 Å². The van der Waals surface area contributed by atoms with E-state index in [9.17, 15) is 0 Å². The lowest BCUT2D eigenvalue weighted by Gasteiger charge is -2.13. The van der Waals surface area contributed by atoms with Gasteiger partial charge in [0, 0.05) is 17.1 Å². The van der Waals surface area contributed by atoms with Gasteiger partial charge in [0.25, 0.3) is 0 Å². The number of rotatable bonds is 10. The molecule has 30 heavy (non-hydrogen) atoms. The number of methoxy groups -OCH3 is 2. The molecule has 0 fully saturated rings. The molecule has 0 aliphatic heterocycles. The molecule has 0 atom stereocenters. The number of ether oxygens (including phenoxy) is 3. The van der Waals surface area contributed by atoms with Crippen molar-refractivity contribution in [3.63, 3.8) is 0 Å². The smallest absolute Gasteiger partial charge is 0.161 e. The van der Waals surface area contributed by atoms with Crippen molar-refractivity contribution in [3.05, 3.63) is 88.4 Å². The van der Waals surface area contributed by atoms with Crippen LogP contribution in [0.1, 0.15) is 16.7 Å². The molecular formula is C24H27Cl2NO3. The number of hydrogen-bond donors (Lipinski definition) is 1. The summed E-state index contributed by atoms with van der Waals surface area (Å²) in [5, 5.41) is 4.17. The second kappa shape index (κ2) is 12.3. The minimum absolute atomic E-state index is 0. The lowest BCUT2D eigenvalue weighted by Crippen LogP contribution is -2.16. The van der Waals surface area contributed by atoms with E-state index in [0.29, 0.717) is 23.1 Å². The minimum Gasteiger partial charge on any atom is -0.497 e. The molecule has 0 heterocycles. The molecule has 0 aromatic heterocycles. The largest absolute Gasteiger partial charge is 0.497 e. The van der Waals surface area contributed by atoms with Crippen molar-refractivity contribution in [1.82, 2.24) is 5.32 Å². The first-order valence-corrected chi connectivity index (χ1v) is 9.94. The number of benzene rings is 3. The lowest BCUT2D eigenvalue weighted by atomic mass is 10.1. The summed E-state index contributed by atoms with van der Waals surface area (Å²) in [7, 11) is 3.33. The third-order valence-electron chi connectivity index (χ3n) is 4.65.